The molecule has 1 heteroatoms. The van der Waals surface area contributed by atoms with E-state index in [2.05, 4.69) is 26.1 Å². The molecule has 0 aromatic heterocycles. The number of rotatable bonds is 6. The third-order valence-corrected chi connectivity index (χ3v) is 7.27. The van der Waals surface area contributed by atoms with Crippen molar-refractivity contribution in [2.24, 2.45) is 41.4 Å². The molecule has 1 nitrogen and oxygen atoms in total. The molecular weight excluding hydrogens is 254 g/mol. The summed E-state index contributed by atoms with van der Waals surface area (Å²) in [5.41, 5.74) is 0. The second-order valence-electron chi connectivity index (χ2n) is 8.82. The van der Waals surface area contributed by atoms with Crippen LogP contribution in [0.25, 0.3) is 0 Å². The van der Waals surface area contributed by atoms with E-state index in [9.17, 15) is 0 Å². The lowest BCUT2D eigenvalue weighted by Gasteiger charge is -2.40. The van der Waals surface area contributed by atoms with Gasteiger partial charge in [0.1, 0.15) is 0 Å². The van der Waals surface area contributed by atoms with Crippen molar-refractivity contribution in [1.29, 1.82) is 0 Å². The SMILES string of the molecule is CCNCC1CCC(C(C)C)CC1CC1CC2CCC1C2. The molecule has 6 unspecified atom stereocenters. The summed E-state index contributed by atoms with van der Waals surface area (Å²) < 4.78 is 0. The van der Waals surface area contributed by atoms with Gasteiger partial charge in [-0.25, -0.2) is 0 Å². The van der Waals surface area contributed by atoms with Crippen LogP contribution in [0.3, 0.4) is 0 Å². The Morgan fingerprint density at radius 1 is 0.905 bits per heavy atom. The van der Waals surface area contributed by atoms with Crippen LogP contribution in [0.15, 0.2) is 0 Å². The summed E-state index contributed by atoms with van der Waals surface area (Å²) in [4.78, 5) is 0. The van der Waals surface area contributed by atoms with Gasteiger partial charge in [0, 0.05) is 0 Å². The molecule has 3 aliphatic carbocycles. The summed E-state index contributed by atoms with van der Waals surface area (Å²) >= 11 is 0. The van der Waals surface area contributed by atoms with E-state index in [1.807, 2.05) is 0 Å². The normalized spacial score (nSPS) is 42.9. The molecule has 0 heterocycles. The average Bonchev–Trinajstić information content (AvgIpc) is 3.08. The summed E-state index contributed by atoms with van der Waals surface area (Å²) in [6, 6.07) is 0. The van der Waals surface area contributed by atoms with Crippen LogP contribution in [-0.2, 0) is 0 Å². The predicted octanol–water partition coefficient (Wildman–Crippen LogP) is 5.11. The molecule has 0 saturated heterocycles. The van der Waals surface area contributed by atoms with E-state index in [1.54, 1.807) is 32.1 Å². The first-order valence-electron chi connectivity index (χ1n) is 9.88. The van der Waals surface area contributed by atoms with Crippen molar-refractivity contribution in [3.8, 4) is 0 Å². The Bertz CT molecular complexity index is 324. The maximum atomic E-state index is 3.65. The van der Waals surface area contributed by atoms with Crippen LogP contribution >= 0.6 is 0 Å². The maximum Gasteiger partial charge on any atom is -0.00180 e. The van der Waals surface area contributed by atoms with Gasteiger partial charge in [0.2, 0.25) is 0 Å². The predicted molar refractivity (Wildman–Crippen MR) is 91.3 cm³/mol. The number of fused-ring (bicyclic) bond motifs is 2. The largest absolute Gasteiger partial charge is 0.317 e. The fraction of sp³-hybridized carbons (Fsp3) is 1.00. The molecule has 3 fully saturated rings. The Morgan fingerprint density at radius 2 is 1.76 bits per heavy atom. The van der Waals surface area contributed by atoms with Gasteiger partial charge in [-0.15, -0.1) is 0 Å². The smallest absolute Gasteiger partial charge is 0.00180 e. The van der Waals surface area contributed by atoms with E-state index in [1.165, 1.54) is 25.8 Å². The Labute approximate surface area is 132 Å². The van der Waals surface area contributed by atoms with Crippen LogP contribution < -0.4 is 5.32 Å². The zero-order valence-corrected chi connectivity index (χ0v) is 14.6. The zero-order chi connectivity index (χ0) is 14.8. The molecule has 0 spiro atoms. The molecule has 1 N–H and O–H groups in total. The molecule has 0 amide bonds. The van der Waals surface area contributed by atoms with E-state index in [0.29, 0.717) is 0 Å². The second-order valence-corrected chi connectivity index (χ2v) is 8.82. The molecule has 3 saturated carbocycles. The van der Waals surface area contributed by atoms with Crippen LogP contribution in [0.2, 0.25) is 0 Å². The molecule has 122 valence electrons. The Hall–Kier alpha value is -0.0400. The van der Waals surface area contributed by atoms with Crippen molar-refractivity contribution in [2.75, 3.05) is 13.1 Å². The molecule has 0 aromatic carbocycles. The van der Waals surface area contributed by atoms with Crippen molar-refractivity contribution in [1.82, 2.24) is 5.32 Å². The van der Waals surface area contributed by atoms with E-state index in [-0.39, 0.29) is 0 Å². The van der Waals surface area contributed by atoms with Gasteiger partial charge in [-0.05, 0) is 99.5 Å². The van der Waals surface area contributed by atoms with Gasteiger partial charge in [0.15, 0.2) is 0 Å². The second kappa shape index (κ2) is 7.02. The van der Waals surface area contributed by atoms with Gasteiger partial charge in [-0.1, -0.05) is 27.2 Å². The third-order valence-electron chi connectivity index (χ3n) is 7.27. The minimum atomic E-state index is 0.896. The van der Waals surface area contributed by atoms with Crippen LogP contribution in [0, 0.1) is 41.4 Å². The van der Waals surface area contributed by atoms with E-state index in [4.69, 9.17) is 0 Å². The summed E-state index contributed by atoms with van der Waals surface area (Å²) in [5, 5.41) is 3.65. The fourth-order valence-electron chi connectivity index (χ4n) is 5.91. The lowest BCUT2D eigenvalue weighted by molar-refractivity contribution is 0.111. The Kier molecular flexibility index (Phi) is 5.30. The van der Waals surface area contributed by atoms with Crippen LogP contribution in [0.5, 0.6) is 0 Å². The first-order chi connectivity index (χ1) is 10.2. The lowest BCUT2D eigenvalue weighted by Crippen LogP contribution is -2.35. The summed E-state index contributed by atoms with van der Waals surface area (Å²) in [7, 11) is 0. The number of nitrogens with one attached hydrogen (secondary N) is 1. The van der Waals surface area contributed by atoms with E-state index in [0.717, 1.165) is 48.0 Å². The summed E-state index contributed by atoms with van der Waals surface area (Å²) in [6.45, 7) is 9.58. The van der Waals surface area contributed by atoms with Gasteiger partial charge in [0.25, 0.3) is 0 Å². The van der Waals surface area contributed by atoms with Crippen LogP contribution in [0.4, 0.5) is 0 Å². The van der Waals surface area contributed by atoms with Crippen LogP contribution in [0.1, 0.15) is 72.1 Å². The summed E-state index contributed by atoms with van der Waals surface area (Å²) in [5.74, 6) is 7.24. The highest BCUT2D eigenvalue weighted by Gasteiger charge is 2.42. The fourth-order valence-corrected chi connectivity index (χ4v) is 5.91. The van der Waals surface area contributed by atoms with E-state index < -0.39 is 0 Å². The Balaban J connectivity index is 1.59. The highest BCUT2D eigenvalue weighted by molar-refractivity contribution is 4.93. The summed E-state index contributed by atoms with van der Waals surface area (Å²) in [6.07, 6.45) is 12.4. The molecule has 2 bridgehead atoms. The van der Waals surface area contributed by atoms with Crippen LogP contribution in [-0.4, -0.2) is 13.1 Å². The molecule has 0 radical (unpaired) electrons. The minimum Gasteiger partial charge on any atom is -0.317 e. The van der Waals surface area contributed by atoms with Crippen molar-refractivity contribution in [3.05, 3.63) is 0 Å². The van der Waals surface area contributed by atoms with Crippen molar-refractivity contribution in [3.63, 3.8) is 0 Å². The monoisotopic (exact) mass is 291 g/mol. The molecule has 6 atom stereocenters. The van der Waals surface area contributed by atoms with Gasteiger partial charge < -0.3 is 5.32 Å². The first kappa shape index (κ1) is 15.8. The number of hydrogen-bond acceptors (Lipinski definition) is 1. The van der Waals surface area contributed by atoms with E-state index >= 15 is 0 Å². The van der Waals surface area contributed by atoms with Gasteiger partial charge in [-0.3, -0.25) is 0 Å². The highest BCUT2D eigenvalue weighted by Crippen LogP contribution is 2.52. The van der Waals surface area contributed by atoms with Crippen molar-refractivity contribution >= 4 is 0 Å². The first-order valence-corrected chi connectivity index (χ1v) is 9.88. The minimum absolute atomic E-state index is 0.896. The molecule has 0 aliphatic heterocycles. The quantitative estimate of drug-likeness (QED) is 0.717. The highest BCUT2D eigenvalue weighted by atomic mass is 14.8. The van der Waals surface area contributed by atoms with Crippen molar-refractivity contribution < 1.29 is 0 Å². The maximum absolute atomic E-state index is 3.65. The zero-order valence-electron chi connectivity index (χ0n) is 14.6. The molecule has 3 rings (SSSR count). The van der Waals surface area contributed by atoms with Gasteiger partial charge >= 0.3 is 0 Å². The van der Waals surface area contributed by atoms with Gasteiger partial charge in [-0.2, -0.15) is 0 Å². The standard InChI is InChI=1S/C20H37N/c1-4-21-13-18-8-7-16(14(2)3)11-20(18)12-19-10-15-5-6-17(19)9-15/h14-21H,4-13H2,1-3H3. The lowest BCUT2D eigenvalue weighted by atomic mass is 9.66. The van der Waals surface area contributed by atoms with Gasteiger partial charge in [0.05, 0.1) is 0 Å². The molecular formula is C20H37N. The molecule has 3 aliphatic rings. The topological polar surface area (TPSA) is 12.0 Å². The Morgan fingerprint density at radius 3 is 2.38 bits per heavy atom. The third kappa shape index (κ3) is 3.66. The molecule has 21 heavy (non-hydrogen) atoms. The average molecular weight is 292 g/mol. The number of hydrogen-bond donors (Lipinski definition) is 1. The van der Waals surface area contributed by atoms with Crippen molar-refractivity contribution in [2.45, 2.75) is 72.1 Å². The molecule has 0 aromatic rings.